The Morgan fingerprint density at radius 2 is 2.00 bits per heavy atom. The van der Waals surface area contributed by atoms with Crippen LogP contribution >= 0.6 is 0 Å². The average Bonchev–Trinajstić information content (AvgIpc) is 2.71. The number of hydrogen-bond acceptors (Lipinski definition) is 2. The Morgan fingerprint density at radius 1 is 1.27 bits per heavy atom. The van der Waals surface area contributed by atoms with E-state index in [1.165, 1.54) is 19.5 Å². The summed E-state index contributed by atoms with van der Waals surface area (Å²) >= 11 is 0. The number of nitrogens with zero attached hydrogens (tertiary/aromatic N) is 1. The molecule has 86 valence electrons. The van der Waals surface area contributed by atoms with E-state index in [2.05, 4.69) is 16.7 Å². The van der Waals surface area contributed by atoms with Crippen LogP contribution in [0.5, 0.6) is 0 Å². The predicted molar refractivity (Wildman–Crippen MR) is 63.7 cm³/mol. The second kappa shape index (κ2) is 6.87. The summed E-state index contributed by atoms with van der Waals surface area (Å²) in [4.78, 5) is 2.46. The maximum absolute atomic E-state index is 5.47. The summed E-state index contributed by atoms with van der Waals surface area (Å²) in [5.41, 5.74) is 0. The van der Waals surface area contributed by atoms with Gasteiger partial charge in [0.2, 0.25) is 0 Å². The van der Waals surface area contributed by atoms with Crippen molar-refractivity contribution in [3.8, 4) is 11.8 Å². The van der Waals surface area contributed by atoms with Crippen molar-refractivity contribution in [1.29, 1.82) is 0 Å². The molecule has 2 heterocycles. The van der Waals surface area contributed by atoms with Crippen LogP contribution in [0.15, 0.2) is 0 Å². The third-order valence-electron chi connectivity index (χ3n) is 3.10. The fraction of sp³-hybridized carbons (Fsp3) is 0.846. The highest BCUT2D eigenvalue weighted by Crippen LogP contribution is 2.29. The van der Waals surface area contributed by atoms with Gasteiger partial charge in [-0.05, 0) is 25.2 Å². The second-order valence-corrected chi connectivity index (χ2v) is 4.00. The van der Waals surface area contributed by atoms with Crippen molar-refractivity contribution in [3.05, 3.63) is 0 Å². The summed E-state index contributed by atoms with van der Waals surface area (Å²) in [5.74, 6) is 7.75. The highest BCUT2D eigenvalue weighted by Gasteiger charge is 2.34. The molecule has 0 aromatic rings. The molecule has 0 N–H and O–H groups in total. The lowest BCUT2D eigenvalue weighted by Gasteiger charge is -2.23. The third-order valence-corrected chi connectivity index (χ3v) is 3.10. The van der Waals surface area contributed by atoms with E-state index in [1.54, 1.807) is 0 Å². The largest absolute Gasteiger partial charge is 0.381 e. The molecule has 2 aliphatic rings. The van der Waals surface area contributed by atoms with Crippen molar-refractivity contribution in [2.45, 2.75) is 27.2 Å². The Hall–Kier alpha value is -0.520. The van der Waals surface area contributed by atoms with Gasteiger partial charge in [-0.1, -0.05) is 19.8 Å². The molecule has 0 saturated carbocycles. The zero-order chi connectivity index (χ0) is 11.1. The van der Waals surface area contributed by atoms with E-state index in [0.717, 1.165) is 31.6 Å². The van der Waals surface area contributed by atoms with Gasteiger partial charge in [0.05, 0.1) is 13.2 Å². The lowest BCUT2D eigenvalue weighted by molar-refractivity contribution is 0.0370. The monoisotopic (exact) mass is 209 g/mol. The van der Waals surface area contributed by atoms with Gasteiger partial charge in [-0.2, -0.15) is 0 Å². The normalized spacial score (nSPS) is 29.5. The minimum Gasteiger partial charge on any atom is -0.381 e. The van der Waals surface area contributed by atoms with Gasteiger partial charge in [0, 0.05) is 19.7 Å². The zero-order valence-electron chi connectivity index (χ0n) is 10.3. The Labute approximate surface area is 94.0 Å². The molecule has 2 rings (SSSR count). The van der Waals surface area contributed by atoms with E-state index in [-0.39, 0.29) is 0 Å². The number of likely N-dealkylation sites (tertiary alicyclic amines) is 1. The summed E-state index contributed by atoms with van der Waals surface area (Å²) in [6.07, 6.45) is 1.25. The summed E-state index contributed by atoms with van der Waals surface area (Å²) in [5, 5.41) is 0. The molecule has 0 radical (unpaired) electrons. The van der Waals surface area contributed by atoms with Crippen LogP contribution in [0.25, 0.3) is 0 Å². The minimum atomic E-state index is 0.785. The molecule has 15 heavy (non-hydrogen) atoms. The molecule has 2 heteroatoms. The topological polar surface area (TPSA) is 12.5 Å². The molecule has 2 fully saturated rings. The molecule has 0 amide bonds. The lowest BCUT2D eigenvalue weighted by Crippen LogP contribution is -2.25. The molecule has 0 aromatic heterocycles. The van der Waals surface area contributed by atoms with Crippen molar-refractivity contribution in [1.82, 2.24) is 4.90 Å². The fourth-order valence-electron chi connectivity index (χ4n) is 2.34. The maximum atomic E-state index is 5.47. The van der Waals surface area contributed by atoms with Crippen LogP contribution in [-0.2, 0) is 4.74 Å². The van der Waals surface area contributed by atoms with Crippen LogP contribution < -0.4 is 0 Å². The number of fused-ring (bicyclic) bond motifs is 1. The number of rotatable bonds is 1. The number of ether oxygens (including phenoxy) is 1. The van der Waals surface area contributed by atoms with Crippen LogP contribution in [0.2, 0.25) is 0 Å². The molecular formula is C13H23NO. The van der Waals surface area contributed by atoms with E-state index in [1.807, 2.05) is 20.8 Å². The quantitative estimate of drug-likeness (QED) is 0.613. The lowest BCUT2D eigenvalue weighted by atomic mass is 9.92. The first-order valence-corrected chi connectivity index (χ1v) is 6.10. The predicted octanol–water partition coefficient (Wildman–Crippen LogP) is 2.00. The Kier molecular flexibility index (Phi) is 5.75. The van der Waals surface area contributed by atoms with Crippen molar-refractivity contribution < 1.29 is 4.74 Å². The van der Waals surface area contributed by atoms with Gasteiger partial charge in [-0.15, -0.1) is 5.92 Å². The van der Waals surface area contributed by atoms with Crippen molar-refractivity contribution in [2.75, 3.05) is 32.8 Å². The van der Waals surface area contributed by atoms with E-state index < -0.39 is 0 Å². The molecule has 2 unspecified atom stereocenters. The van der Waals surface area contributed by atoms with Crippen LogP contribution in [0.4, 0.5) is 0 Å². The molecule has 2 nitrogen and oxygen atoms in total. The van der Waals surface area contributed by atoms with E-state index in [0.29, 0.717) is 0 Å². The van der Waals surface area contributed by atoms with Crippen molar-refractivity contribution in [3.63, 3.8) is 0 Å². The molecule has 0 spiro atoms. The molecule has 2 aliphatic heterocycles. The van der Waals surface area contributed by atoms with Crippen LogP contribution in [0.1, 0.15) is 27.2 Å². The van der Waals surface area contributed by atoms with Gasteiger partial charge in [-0.3, -0.25) is 4.90 Å². The highest BCUT2D eigenvalue weighted by molar-refractivity contribution is 5.00. The SMILES string of the molecule is CC.CC#CCN1CC2CCOCC2C1. The minimum absolute atomic E-state index is 0.785. The Bertz CT molecular complexity index is 214. The van der Waals surface area contributed by atoms with E-state index >= 15 is 0 Å². The first kappa shape index (κ1) is 12.5. The molecule has 2 atom stereocenters. The molecule has 0 aromatic carbocycles. The average molecular weight is 209 g/mol. The second-order valence-electron chi connectivity index (χ2n) is 4.00. The summed E-state index contributed by atoms with van der Waals surface area (Å²) in [6.45, 7) is 11.2. The third kappa shape index (κ3) is 3.52. The first-order valence-electron chi connectivity index (χ1n) is 6.10. The zero-order valence-corrected chi connectivity index (χ0v) is 10.3. The van der Waals surface area contributed by atoms with Crippen molar-refractivity contribution in [2.24, 2.45) is 11.8 Å². The van der Waals surface area contributed by atoms with Gasteiger partial charge in [0.15, 0.2) is 0 Å². The van der Waals surface area contributed by atoms with Gasteiger partial charge in [-0.25, -0.2) is 0 Å². The van der Waals surface area contributed by atoms with Gasteiger partial charge in [0.25, 0.3) is 0 Å². The Morgan fingerprint density at radius 3 is 2.67 bits per heavy atom. The molecule has 0 aliphatic carbocycles. The van der Waals surface area contributed by atoms with Crippen molar-refractivity contribution >= 4 is 0 Å². The summed E-state index contributed by atoms with van der Waals surface area (Å²) in [7, 11) is 0. The summed E-state index contributed by atoms with van der Waals surface area (Å²) in [6, 6.07) is 0. The smallest absolute Gasteiger partial charge is 0.0601 e. The van der Waals surface area contributed by atoms with Gasteiger partial charge >= 0.3 is 0 Å². The summed E-state index contributed by atoms with van der Waals surface area (Å²) < 4.78 is 5.47. The van der Waals surface area contributed by atoms with Gasteiger partial charge < -0.3 is 4.74 Å². The maximum Gasteiger partial charge on any atom is 0.0601 e. The molecular weight excluding hydrogens is 186 g/mol. The highest BCUT2D eigenvalue weighted by atomic mass is 16.5. The van der Waals surface area contributed by atoms with E-state index in [4.69, 9.17) is 4.74 Å². The standard InChI is InChI=1S/C11H17NO.C2H6/c1-2-3-5-12-7-10-4-6-13-9-11(10)8-12;1-2/h10-11H,4-9H2,1H3;1-2H3. The van der Waals surface area contributed by atoms with E-state index in [9.17, 15) is 0 Å². The molecule has 0 bridgehead atoms. The Balaban J connectivity index is 0.000000531. The molecule has 2 saturated heterocycles. The number of hydrogen-bond donors (Lipinski definition) is 0. The fourth-order valence-corrected chi connectivity index (χ4v) is 2.34. The van der Waals surface area contributed by atoms with Gasteiger partial charge in [0.1, 0.15) is 0 Å². The van der Waals surface area contributed by atoms with Crippen LogP contribution in [-0.4, -0.2) is 37.7 Å². The first-order chi connectivity index (χ1) is 7.40. The van der Waals surface area contributed by atoms with Crippen LogP contribution in [0, 0.1) is 23.7 Å². The van der Waals surface area contributed by atoms with Crippen LogP contribution in [0.3, 0.4) is 0 Å².